The highest BCUT2D eigenvalue weighted by Crippen LogP contribution is 2.39. The Kier molecular flexibility index (Phi) is 5.22. The van der Waals surface area contributed by atoms with Crippen LogP contribution in [0.5, 0.6) is 0 Å². The van der Waals surface area contributed by atoms with Crippen molar-refractivity contribution < 1.29 is 19.2 Å². The molecule has 1 fully saturated rings. The molecule has 1 saturated heterocycles. The number of benzene rings is 2. The summed E-state index contributed by atoms with van der Waals surface area (Å²) in [4.78, 5) is 50.8. The maximum absolute atomic E-state index is 13.1. The largest absolute Gasteiger partial charge is 0.325 e. The molecule has 1 atom stereocenters. The number of hydrazine groups is 1. The number of carbonyl (C=O) groups is 4. The summed E-state index contributed by atoms with van der Waals surface area (Å²) in [6, 6.07) is 16.0. The number of amides is 5. The van der Waals surface area contributed by atoms with Crippen molar-refractivity contribution in [3.63, 3.8) is 0 Å². The predicted molar refractivity (Wildman–Crippen MR) is 108 cm³/mol. The van der Waals surface area contributed by atoms with Crippen LogP contribution in [0.2, 0.25) is 0 Å². The number of imide groups is 1. The van der Waals surface area contributed by atoms with E-state index >= 15 is 0 Å². The van der Waals surface area contributed by atoms with E-state index in [1.807, 2.05) is 42.5 Å². The lowest BCUT2D eigenvalue weighted by molar-refractivity contribution is -0.136. The molecule has 1 heterocycles. The minimum Gasteiger partial charge on any atom is -0.319 e. The molecule has 8 heteroatoms. The second kappa shape index (κ2) is 7.98. The van der Waals surface area contributed by atoms with E-state index in [9.17, 15) is 19.2 Å². The molecule has 1 aliphatic heterocycles. The Balaban J connectivity index is 1.38. The van der Waals surface area contributed by atoms with Crippen molar-refractivity contribution in [2.45, 2.75) is 31.2 Å². The third-order valence-electron chi connectivity index (χ3n) is 5.50. The first-order valence-electron chi connectivity index (χ1n) is 9.84. The monoisotopic (exact) mass is 406 g/mol. The third-order valence-corrected chi connectivity index (χ3v) is 5.50. The van der Waals surface area contributed by atoms with Crippen molar-refractivity contribution in [2.75, 3.05) is 6.54 Å². The van der Waals surface area contributed by atoms with E-state index in [1.165, 1.54) is 0 Å². The average Bonchev–Trinajstić information content (AvgIpc) is 2.98. The zero-order valence-corrected chi connectivity index (χ0v) is 16.3. The fraction of sp³-hybridized carbons (Fsp3) is 0.273. The Morgan fingerprint density at radius 1 is 0.967 bits per heavy atom. The van der Waals surface area contributed by atoms with Crippen LogP contribution in [0.25, 0.3) is 0 Å². The zero-order valence-electron chi connectivity index (χ0n) is 16.3. The Morgan fingerprint density at radius 3 is 2.47 bits per heavy atom. The molecule has 0 unspecified atom stereocenters. The molecule has 1 aliphatic carbocycles. The molecule has 5 amide bonds. The molecule has 154 valence electrons. The third kappa shape index (κ3) is 3.63. The smallest absolute Gasteiger partial charge is 0.319 e. The Hall–Kier alpha value is -3.68. The van der Waals surface area contributed by atoms with Gasteiger partial charge in [0.15, 0.2) is 0 Å². The molecule has 0 saturated carbocycles. The summed E-state index contributed by atoms with van der Waals surface area (Å²) < 4.78 is 0. The minimum atomic E-state index is -1.12. The van der Waals surface area contributed by atoms with Crippen molar-refractivity contribution in [2.24, 2.45) is 0 Å². The highest BCUT2D eigenvalue weighted by atomic mass is 16.2. The number of hydrogen-bond acceptors (Lipinski definition) is 4. The molecule has 8 nitrogen and oxygen atoms in total. The van der Waals surface area contributed by atoms with Crippen LogP contribution in [-0.2, 0) is 32.8 Å². The summed E-state index contributed by atoms with van der Waals surface area (Å²) in [5.74, 6) is -1.49. The lowest BCUT2D eigenvalue weighted by Gasteiger charge is -2.33. The fourth-order valence-electron chi connectivity index (χ4n) is 4.10. The van der Waals surface area contributed by atoms with Gasteiger partial charge in [-0.1, -0.05) is 54.6 Å². The van der Waals surface area contributed by atoms with Gasteiger partial charge in [0, 0.05) is 0 Å². The highest BCUT2D eigenvalue weighted by Gasteiger charge is 2.54. The van der Waals surface area contributed by atoms with Crippen molar-refractivity contribution in [1.82, 2.24) is 21.1 Å². The standard InChI is InChI=1S/C22H22N4O4/c27-18(13-15-7-2-1-3-8-15)24-25-19(28)14-26-20(29)22(23-21(26)30)12-6-10-16-9-4-5-11-17(16)22/h1-5,7-9,11H,6,10,12-14H2,(H,23,30)(H,24,27)(H,25,28)/t22-/m1/s1. The van der Waals surface area contributed by atoms with Crippen LogP contribution < -0.4 is 16.2 Å². The van der Waals surface area contributed by atoms with E-state index in [0.717, 1.165) is 34.4 Å². The van der Waals surface area contributed by atoms with Gasteiger partial charge in [0.2, 0.25) is 5.91 Å². The number of aryl methyl sites for hydroxylation is 1. The number of rotatable bonds is 4. The van der Waals surface area contributed by atoms with Gasteiger partial charge in [-0.25, -0.2) is 4.79 Å². The second-order valence-electron chi connectivity index (χ2n) is 7.50. The minimum absolute atomic E-state index is 0.101. The van der Waals surface area contributed by atoms with Gasteiger partial charge in [-0.05, 0) is 36.0 Å². The van der Waals surface area contributed by atoms with Crippen LogP contribution in [-0.4, -0.2) is 35.2 Å². The topological polar surface area (TPSA) is 108 Å². The van der Waals surface area contributed by atoms with E-state index in [2.05, 4.69) is 16.2 Å². The van der Waals surface area contributed by atoms with E-state index in [0.29, 0.717) is 6.42 Å². The first-order valence-corrected chi connectivity index (χ1v) is 9.84. The fourth-order valence-corrected chi connectivity index (χ4v) is 4.10. The van der Waals surface area contributed by atoms with Gasteiger partial charge in [-0.2, -0.15) is 0 Å². The van der Waals surface area contributed by atoms with Gasteiger partial charge in [0.25, 0.3) is 11.8 Å². The molecule has 2 aromatic rings. The first kappa shape index (κ1) is 19.6. The van der Waals surface area contributed by atoms with Gasteiger partial charge in [-0.3, -0.25) is 30.1 Å². The van der Waals surface area contributed by atoms with Crippen molar-refractivity contribution >= 4 is 23.8 Å². The summed E-state index contributed by atoms with van der Waals surface area (Å²) in [6.45, 7) is -0.472. The summed E-state index contributed by atoms with van der Waals surface area (Å²) >= 11 is 0. The highest BCUT2D eigenvalue weighted by molar-refractivity contribution is 6.09. The number of carbonyl (C=O) groups excluding carboxylic acids is 4. The molecule has 2 aromatic carbocycles. The lowest BCUT2D eigenvalue weighted by Crippen LogP contribution is -2.49. The number of nitrogens with one attached hydrogen (secondary N) is 3. The molecule has 2 aliphatic rings. The van der Waals surface area contributed by atoms with E-state index in [4.69, 9.17) is 0 Å². The molecule has 0 bridgehead atoms. The molecule has 1 spiro atoms. The summed E-state index contributed by atoms with van der Waals surface area (Å²) in [5, 5.41) is 2.80. The normalized spacial score (nSPS) is 19.9. The van der Waals surface area contributed by atoms with Crippen molar-refractivity contribution in [1.29, 1.82) is 0 Å². The maximum Gasteiger partial charge on any atom is 0.325 e. The van der Waals surface area contributed by atoms with Gasteiger partial charge in [0.05, 0.1) is 6.42 Å². The SMILES string of the molecule is O=C(Cc1ccccc1)NNC(=O)CN1C(=O)N[C@@]2(CCCc3ccccc32)C1=O. The van der Waals surface area contributed by atoms with E-state index < -0.39 is 35.8 Å². The Labute approximate surface area is 173 Å². The molecular weight excluding hydrogens is 384 g/mol. The van der Waals surface area contributed by atoms with Gasteiger partial charge >= 0.3 is 6.03 Å². The first-order chi connectivity index (χ1) is 14.5. The lowest BCUT2D eigenvalue weighted by atomic mass is 9.76. The molecule has 0 aromatic heterocycles. The molecule has 4 rings (SSSR count). The molecule has 0 radical (unpaired) electrons. The number of urea groups is 1. The van der Waals surface area contributed by atoms with Crippen LogP contribution in [0.3, 0.4) is 0 Å². The summed E-state index contributed by atoms with van der Waals surface area (Å²) in [5.41, 5.74) is 6.07. The van der Waals surface area contributed by atoms with Crippen LogP contribution in [0.1, 0.15) is 29.5 Å². The van der Waals surface area contributed by atoms with Gasteiger partial charge in [-0.15, -0.1) is 0 Å². The van der Waals surface area contributed by atoms with Crippen LogP contribution in [0.4, 0.5) is 4.79 Å². The number of nitrogens with zero attached hydrogens (tertiary/aromatic N) is 1. The van der Waals surface area contributed by atoms with Crippen LogP contribution in [0, 0.1) is 0 Å². The quantitative estimate of drug-likeness (QED) is 0.523. The van der Waals surface area contributed by atoms with E-state index in [1.54, 1.807) is 12.1 Å². The molecule has 30 heavy (non-hydrogen) atoms. The van der Waals surface area contributed by atoms with Gasteiger partial charge in [0.1, 0.15) is 12.1 Å². The zero-order chi connectivity index (χ0) is 21.1. The number of fused-ring (bicyclic) bond motifs is 2. The van der Waals surface area contributed by atoms with Gasteiger partial charge < -0.3 is 5.32 Å². The Morgan fingerprint density at radius 2 is 1.67 bits per heavy atom. The second-order valence-corrected chi connectivity index (χ2v) is 7.50. The predicted octanol–water partition coefficient (Wildman–Crippen LogP) is 1.16. The number of hydrogen-bond donors (Lipinski definition) is 3. The van der Waals surface area contributed by atoms with E-state index in [-0.39, 0.29) is 6.42 Å². The summed E-state index contributed by atoms with van der Waals surface area (Å²) in [6.07, 6.45) is 2.19. The van der Waals surface area contributed by atoms with Crippen LogP contribution >= 0.6 is 0 Å². The maximum atomic E-state index is 13.1. The molecular formula is C22H22N4O4. The molecule has 3 N–H and O–H groups in total. The summed E-state index contributed by atoms with van der Waals surface area (Å²) in [7, 11) is 0. The van der Waals surface area contributed by atoms with Crippen molar-refractivity contribution in [3.05, 3.63) is 71.3 Å². The average molecular weight is 406 g/mol. The Bertz CT molecular complexity index is 1010. The van der Waals surface area contributed by atoms with Crippen LogP contribution in [0.15, 0.2) is 54.6 Å². The van der Waals surface area contributed by atoms with Crippen molar-refractivity contribution in [3.8, 4) is 0 Å².